The predicted octanol–water partition coefficient (Wildman–Crippen LogP) is 0.394. The molecule has 0 fully saturated rings. The first-order chi connectivity index (χ1) is 20.4. The molecule has 0 aliphatic heterocycles. The van der Waals surface area contributed by atoms with Crippen LogP contribution in [0.5, 0.6) is 0 Å². The fourth-order valence-corrected chi connectivity index (χ4v) is 3.94. The molecule has 3 atom stereocenters. The number of hydrogen-bond acceptors (Lipinski definition) is 8. The number of aliphatic imine (C=N–C) groups is 1. The van der Waals surface area contributed by atoms with Crippen LogP contribution in [0.4, 0.5) is 11.4 Å². The van der Waals surface area contributed by atoms with Crippen molar-refractivity contribution in [1.82, 2.24) is 16.0 Å². The van der Waals surface area contributed by atoms with E-state index in [1.807, 2.05) is 13.8 Å². The van der Waals surface area contributed by atoms with Crippen molar-refractivity contribution in [3.05, 3.63) is 70.3 Å². The van der Waals surface area contributed by atoms with Crippen LogP contribution in [0.2, 0.25) is 0 Å². The molecule has 15 nitrogen and oxygen atoms in total. The van der Waals surface area contributed by atoms with E-state index >= 15 is 0 Å². The number of carbonyl (C=O) groups is 4. The molecule has 0 saturated carbocycles. The minimum Gasteiger partial charge on any atom is -0.394 e. The van der Waals surface area contributed by atoms with E-state index in [1.165, 1.54) is 24.3 Å². The van der Waals surface area contributed by atoms with Crippen LogP contribution in [0.1, 0.15) is 43.5 Å². The highest BCUT2D eigenvalue weighted by Crippen LogP contribution is 2.16. The van der Waals surface area contributed by atoms with Gasteiger partial charge in [-0.05, 0) is 49.4 Å². The number of nitro benzene ring substituents is 1. The third kappa shape index (κ3) is 11.8. The van der Waals surface area contributed by atoms with E-state index in [-0.39, 0.29) is 49.1 Å². The Morgan fingerprint density at radius 1 is 0.884 bits per heavy atom. The van der Waals surface area contributed by atoms with Gasteiger partial charge in [-0.25, -0.2) is 0 Å². The van der Waals surface area contributed by atoms with Crippen molar-refractivity contribution in [2.75, 3.05) is 18.5 Å². The molecule has 4 amide bonds. The Morgan fingerprint density at radius 2 is 1.49 bits per heavy atom. The van der Waals surface area contributed by atoms with Crippen LogP contribution < -0.4 is 32.7 Å². The van der Waals surface area contributed by atoms with Crippen LogP contribution in [-0.2, 0) is 14.4 Å². The van der Waals surface area contributed by atoms with Gasteiger partial charge in [0.25, 0.3) is 11.6 Å². The monoisotopic (exact) mass is 598 g/mol. The number of hydrogen-bond donors (Lipinski definition) is 7. The lowest BCUT2D eigenvalue weighted by molar-refractivity contribution is -0.384. The van der Waals surface area contributed by atoms with Crippen LogP contribution in [0.3, 0.4) is 0 Å². The Balaban J connectivity index is 2.14. The van der Waals surface area contributed by atoms with Crippen molar-refractivity contribution in [2.45, 2.75) is 51.2 Å². The molecule has 0 aliphatic carbocycles. The van der Waals surface area contributed by atoms with E-state index in [4.69, 9.17) is 11.5 Å². The third-order valence-electron chi connectivity index (χ3n) is 6.10. The first kappa shape index (κ1) is 34.2. The number of aliphatic hydroxyl groups is 1. The number of nitrogens with zero attached hydrogens (tertiary/aromatic N) is 2. The lowest BCUT2D eigenvalue weighted by atomic mass is 10.0. The summed E-state index contributed by atoms with van der Waals surface area (Å²) in [6.45, 7) is 3.10. The number of anilines is 1. The summed E-state index contributed by atoms with van der Waals surface area (Å²) in [6, 6.07) is 9.82. The van der Waals surface area contributed by atoms with Gasteiger partial charge in [0.2, 0.25) is 17.7 Å². The molecule has 2 aromatic rings. The summed E-state index contributed by atoms with van der Waals surface area (Å²) in [7, 11) is 0. The normalized spacial score (nSPS) is 12.7. The molecular weight excluding hydrogens is 560 g/mol. The zero-order valence-corrected chi connectivity index (χ0v) is 24.0. The summed E-state index contributed by atoms with van der Waals surface area (Å²) in [6.07, 6.45) is 0.625. The Morgan fingerprint density at radius 3 is 2.05 bits per heavy atom. The van der Waals surface area contributed by atoms with Crippen molar-refractivity contribution >= 4 is 41.0 Å². The molecule has 232 valence electrons. The number of nitrogens with two attached hydrogens (primary N) is 2. The van der Waals surface area contributed by atoms with Gasteiger partial charge < -0.3 is 37.8 Å². The predicted molar refractivity (Wildman–Crippen MR) is 160 cm³/mol. The number of non-ortho nitro benzene ring substituents is 1. The van der Waals surface area contributed by atoms with Crippen molar-refractivity contribution in [3.8, 4) is 0 Å². The van der Waals surface area contributed by atoms with Crippen LogP contribution in [0.25, 0.3) is 0 Å². The summed E-state index contributed by atoms with van der Waals surface area (Å²) in [4.78, 5) is 66.2. The topological polar surface area (TPSA) is 244 Å². The van der Waals surface area contributed by atoms with Gasteiger partial charge in [-0.15, -0.1) is 0 Å². The fourth-order valence-electron chi connectivity index (χ4n) is 3.94. The molecule has 0 saturated heterocycles. The maximum atomic E-state index is 13.1. The van der Waals surface area contributed by atoms with Crippen LogP contribution in [0.15, 0.2) is 59.6 Å². The minimum absolute atomic E-state index is 0.00550. The summed E-state index contributed by atoms with van der Waals surface area (Å²) in [5.74, 6) is -2.80. The molecule has 0 spiro atoms. The molecule has 0 aromatic heterocycles. The third-order valence-corrected chi connectivity index (χ3v) is 6.10. The number of rotatable bonds is 16. The number of aliphatic hydroxyl groups excluding tert-OH is 1. The number of carbonyl (C=O) groups excluding carboxylic acids is 4. The first-order valence-electron chi connectivity index (χ1n) is 13.6. The van der Waals surface area contributed by atoms with Crippen LogP contribution >= 0.6 is 0 Å². The maximum absolute atomic E-state index is 13.1. The van der Waals surface area contributed by atoms with Gasteiger partial charge in [0.1, 0.15) is 18.1 Å². The Kier molecular flexibility index (Phi) is 13.5. The Bertz CT molecular complexity index is 1280. The molecule has 0 unspecified atom stereocenters. The second-order valence-electron chi connectivity index (χ2n) is 10.1. The molecule has 9 N–H and O–H groups in total. The number of amides is 4. The van der Waals surface area contributed by atoms with Crippen molar-refractivity contribution in [2.24, 2.45) is 22.4 Å². The van der Waals surface area contributed by atoms with Gasteiger partial charge in [0.05, 0.1) is 11.5 Å². The van der Waals surface area contributed by atoms with Gasteiger partial charge >= 0.3 is 0 Å². The molecular formula is C28H38N8O7. The Labute approximate surface area is 248 Å². The lowest BCUT2D eigenvalue weighted by Crippen LogP contribution is -2.57. The highest BCUT2D eigenvalue weighted by Gasteiger charge is 2.30. The highest BCUT2D eigenvalue weighted by molar-refractivity contribution is 6.00. The molecule has 2 rings (SSSR count). The van der Waals surface area contributed by atoms with Gasteiger partial charge in [0.15, 0.2) is 5.96 Å². The first-order valence-corrected chi connectivity index (χ1v) is 13.6. The number of benzene rings is 2. The summed E-state index contributed by atoms with van der Waals surface area (Å²) in [5, 5.41) is 31.1. The average Bonchev–Trinajstić information content (AvgIpc) is 2.97. The van der Waals surface area contributed by atoms with E-state index < -0.39 is 53.3 Å². The minimum atomic E-state index is -1.44. The van der Waals surface area contributed by atoms with E-state index in [2.05, 4.69) is 26.3 Å². The molecule has 2 aromatic carbocycles. The van der Waals surface area contributed by atoms with Gasteiger partial charge in [-0.2, -0.15) is 0 Å². The molecule has 0 bridgehead atoms. The molecule has 0 heterocycles. The number of nitro groups is 1. The second kappa shape index (κ2) is 17.0. The molecule has 0 radical (unpaired) electrons. The standard InChI is InChI=1S/C28H38N8O7/c1-17(2)15-22(34-24(38)18-7-4-3-5-8-18)26(40)35-23(16-37)27(41)33-21(9-6-14-31-28(29)30)25(39)32-19-10-12-20(13-11-19)36(42)43/h3-5,7-8,10-13,17,21-23,37H,6,9,14-16H2,1-2H3,(H,32,39)(H,33,41)(H,34,38)(H,35,40)(H4,29,30,31)/t21-,22-,23-/m0/s1. The van der Waals surface area contributed by atoms with Crippen molar-refractivity contribution in [3.63, 3.8) is 0 Å². The largest absolute Gasteiger partial charge is 0.394 e. The van der Waals surface area contributed by atoms with Gasteiger partial charge in [0, 0.05) is 29.9 Å². The zero-order chi connectivity index (χ0) is 31.9. The smallest absolute Gasteiger partial charge is 0.269 e. The quantitative estimate of drug-likeness (QED) is 0.0464. The molecule has 0 aliphatic rings. The van der Waals surface area contributed by atoms with E-state index in [0.717, 1.165) is 0 Å². The summed E-state index contributed by atoms with van der Waals surface area (Å²) in [5.41, 5.74) is 11.1. The summed E-state index contributed by atoms with van der Waals surface area (Å²) < 4.78 is 0. The van der Waals surface area contributed by atoms with E-state index in [0.29, 0.717) is 5.56 Å². The average molecular weight is 599 g/mol. The number of nitrogens with one attached hydrogen (secondary N) is 4. The van der Waals surface area contributed by atoms with E-state index in [9.17, 15) is 34.4 Å². The van der Waals surface area contributed by atoms with Crippen LogP contribution in [-0.4, -0.2) is 70.9 Å². The fraction of sp³-hybridized carbons (Fsp3) is 0.393. The maximum Gasteiger partial charge on any atom is 0.269 e. The summed E-state index contributed by atoms with van der Waals surface area (Å²) >= 11 is 0. The van der Waals surface area contributed by atoms with Crippen LogP contribution in [0, 0.1) is 16.0 Å². The van der Waals surface area contributed by atoms with Crippen molar-refractivity contribution in [1.29, 1.82) is 0 Å². The highest BCUT2D eigenvalue weighted by atomic mass is 16.6. The lowest BCUT2D eigenvalue weighted by Gasteiger charge is -2.25. The SMILES string of the molecule is CC(C)C[C@H](NC(=O)c1ccccc1)C(=O)N[C@@H](CO)C(=O)N[C@@H](CCCN=C(N)N)C(=O)Nc1ccc([N+](=O)[O-])cc1. The van der Waals surface area contributed by atoms with Crippen molar-refractivity contribution < 1.29 is 29.2 Å². The second-order valence-corrected chi connectivity index (χ2v) is 10.1. The molecule has 43 heavy (non-hydrogen) atoms. The number of guanidine groups is 1. The van der Waals surface area contributed by atoms with Gasteiger partial charge in [-0.1, -0.05) is 32.0 Å². The zero-order valence-electron chi connectivity index (χ0n) is 24.0. The molecule has 15 heteroatoms. The Hall–Kier alpha value is -5.05. The van der Waals surface area contributed by atoms with E-state index in [1.54, 1.807) is 30.3 Å². The van der Waals surface area contributed by atoms with Gasteiger partial charge in [-0.3, -0.25) is 34.3 Å².